The number of hydrogen-bond acceptors (Lipinski definition) is 4. The van der Waals surface area contributed by atoms with Gasteiger partial charge in [-0.05, 0) is 37.1 Å². The number of nitrogens with one attached hydrogen (secondary N) is 1. The van der Waals surface area contributed by atoms with Gasteiger partial charge >= 0.3 is 0 Å². The third-order valence-electron chi connectivity index (χ3n) is 4.38. The van der Waals surface area contributed by atoms with Crippen LogP contribution in [0.25, 0.3) is 22.6 Å². The lowest BCUT2D eigenvalue weighted by Gasteiger charge is -2.05. The number of nitrogens with zero attached hydrogens (tertiary/aromatic N) is 5. The molecule has 0 fully saturated rings. The first-order valence-electron chi connectivity index (χ1n) is 8.50. The molecule has 6 nitrogen and oxygen atoms in total. The van der Waals surface area contributed by atoms with E-state index < -0.39 is 17.5 Å². The van der Waals surface area contributed by atoms with Crippen LogP contribution in [-0.2, 0) is 13.0 Å². The summed E-state index contributed by atoms with van der Waals surface area (Å²) in [5, 5.41) is 10.7. The van der Waals surface area contributed by atoms with Crippen molar-refractivity contribution in [3.8, 4) is 22.6 Å². The van der Waals surface area contributed by atoms with Gasteiger partial charge in [-0.3, -0.25) is 4.98 Å². The van der Waals surface area contributed by atoms with Gasteiger partial charge in [0, 0.05) is 30.6 Å². The highest BCUT2D eigenvalue weighted by Gasteiger charge is 2.12. The Morgan fingerprint density at radius 3 is 2.57 bits per heavy atom. The molecule has 0 aliphatic heterocycles. The molecule has 3 aromatic heterocycles. The third kappa shape index (κ3) is 3.51. The molecule has 28 heavy (non-hydrogen) atoms. The maximum Gasteiger partial charge on any atom is 0.161 e. The lowest BCUT2D eigenvalue weighted by atomic mass is 10.1. The Hall–Kier alpha value is -3.49. The maximum absolute atomic E-state index is 13.8. The minimum atomic E-state index is -1.19. The van der Waals surface area contributed by atoms with Crippen molar-refractivity contribution in [2.45, 2.75) is 19.9 Å². The van der Waals surface area contributed by atoms with Crippen molar-refractivity contribution in [2.24, 2.45) is 0 Å². The number of halogens is 3. The van der Waals surface area contributed by atoms with E-state index >= 15 is 0 Å². The van der Waals surface area contributed by atoms with Crippen LogP contribution in [0.3, 0.4) is 0 Å². The van der Waals surface area contributed by atoms with Gasteiger partial charge in [0.1, 0.15) is 17.2 Å². The van der Waals surface area contributed by atoms with Gasteiger partial charge < -0.3 is 4.57 Å². The highest BCUT2D eigenvalue weighted by molar-refractivity contribution is 5.67. The van der Waals surface area contributed by atoms with Crippen molar-refractivity contribution >= 4 is 0 Å². The van der Waals surface area contributed by atoms with Crippen LogP contribution in [0.5, 0.6) is 0 Å². The van der Waals surface area contributed by atoms with Crippen molar-refractivity contribution in [2.75, 3.05) is 0 Å². The van der Waals surface area contributed by atoms with Crippen LogP contribution < -0.4 is 0 Å². The van der Waals surface area contributed by atoms with E-state index in [2.05, 4.69) is 25.4 Å². The molecule has 1 N–H and O–H groups in total. The topological polar surface area (TPSA) is 72.3 Å². The van der Waals surface area contributed by atoms with Crippen LogP contribution in [0.1, 0.15) is 11.3 Å². The summed E-state index contributed by atoms with van der Waals surface area (Å²) in [6, 6.07) is 5.13. The predicted molar refractivity (Wildman–Crippen MR) is 95.6 cm³/mol. The second kappa shape index (κ2) is 7.26. The molecule has 0 spiro atoms. The van der Waals surface area contributed by atoms with Gasteiger partial charge in [-0.15, -0.1) is 0 Å². The predicted octanol–water partition coefficient (Wildman–Crippen LogP) is 3.70. The number of benzene rings is 1. The number of aromatic amines is 1. The van der Waals surface area contributed by atoms with Crippen molar-refractivity contribution < 1.29 is 13.2 Å². The SMILES string of the molecule is Cc1n[nH]nc1-c1ccnc(-c2cn(CCc3cc(F)c(F)cc3F)cn2)c1. The molecule has 0 amide bonds. The summed E-state index contributed by atoms with van der Waals surface area (Å²) in [6.45, 7) is 2.21. The van der Waals surface area contributed by atoms with Gasteiger partial charge in [-0.1, -0.05) is 0 Å². The van der Waals surface area contributed by atoms with Crippen molar-refractivity contribution in [1.82, 2.24) is 29.9 Å². The number of imidazole rings is 1. The van der Waals surface area contributed by atoms with Crippen LogP contribution >= 0.6 is 0 Å². The van der Waals surface area contributed by atoms with Gasteiger partial charge in [0.05, 0.1) is 17.7 Å². The average molecular weight is 384 g/mol. The summed E-state index contributed by atoms with van der Waals surface area (Å²) >= 11 is 0. The summed E-state index contributed by atoms with van der Waals surface area (Å²) in [4.78, 5) is 8.66. The Bertz CT molecular complexity index is 1130. The fraction of sp³-hybridized carbons (Fsp3) is 0.158. The van der Waals surface area contributed by atoms with Crippen LogP contribution in [-0.4, -0.2) is 29.9 Å². The van der Waals surface area contributed by atoms with E-state index in [0.717, 1.165) is 23.0 Å². The summed E-state index contributed by atoms with van der Waals surface area (Å²) in [5.74, 6) is -3.03. The molecule has 4 rings (SSSR count). The van der Waals surface area contributed by atoms with Gasteiger partial charge in [0.15, 0.2) is 11.6 Å². The molecule has 0 unspecified atom stereocenters. The number of H-pyrrole nitrogens is 1. The van der Waals surface area contributed by atoms with Crippen LogP contribution in [0.4, 0.5) is 13.2 Å². The second-order valence-electron chi connectivity index (χ2n) is 6.29. The van der Waals surface area contributed by atoms with E-state index in [0.29, 0.717) is 24.0 Å². The minimum absolute atomic E-state index is 0.107. The Labute approximate surface area is 158 Å². The number of hydrogen-bond donors (Lipinski definition) is 1. The molecule has 0 atom stereocenters. The Kier molecular flexibility index (Phi) is 4.64. The lowest BCUT2D eigenvalue weighted by Crippen LogP contribution is -2.02. The number of pyridine rings is 1. The molecule has 0 radical (unpaired) electrons. The van der Waals surface area contributed by atoms with Crippen LogP contribution in [0.2, 0.25) is 0 Å². The smallest absolute Gasteiger partial charge is 0.161 e. The van der Waals surface area contributed by atoms with Crippen LogP contribution in [0, 0.1) is 24.4 Å². The van der Waals surface area contributed by atoms with E-state index in [1.807, 2.05) is 19.1 Å². The van der Waals surface area contributed by atoms with Gasteiger partial charge in [-0.25, -0.2) is 18.2 Å². The van der Waals surface area contributed by atoms with Crippen molar-refractivity contribution in [1.29, 1.82) is 0 Å². The van der Waals surface area contributed by atoms with E-state index in [9.17, 15) is 13.2 Å². The molecule has 4 aromatic rings. The zero-order valence-electron chi connectivity index (χ0n) is 14.8. The monoisotopic (exact) mass is 384 g/mol. The zero-order chi connectivity index (χ0) is 19.7. The van der Waals surface area contributed by atoms with Crippen molar-refractivity contribution in [3.63, 3.8) is 0 Å². The maximum atomic E-state index is 13.8. The average Bonchev–Trinajstić information content (AvgIpc) is 3.33. The molecule has 0 saturated heterocycles. The van der Waals surface area contributed by atoms with Gasteiger partial charge in [0.2, 0.25) is 0 Å². The Morgan fingerprint density at radius 2 is 1.79 bits per heavy atom. The Balaban J connectivity index is 1.52. The molecule has 0 bridgehead atoms. The first-order valence-corrected chi connectivity index (χ1v) is 8.50. The fourth-order valence-electron chi connectivity index (χ4n) is 2.89. The number of rotatable bonds is 5. The van der Waals surface area contributed by atoms with E-state index in [1.165, 1.54) is 0 Å². The minimum Gasteiger partial charge on any atom is -0.336 e. The highest BCUT2D eigenvalue weighted by atomic mass is 19.2. The molecule has 3 heterocycles. The molecule has 142 valence electrons. The molecule has 1 aromatic carbocycles. The number of aryl methyl sites for hydroxylation is 3. The van der Waals surface area contributed by atoms with Crippen molar-refractivity contribution in [3.05, 3.63) is 71.7 Å². The summed E-state index contributed by atoms with van der Waals surface area (Å²) in [5.41, 5.74) is 3.75. The normalized spacial score (nSPS) is 11.1. The van der Waals surface area contributed by atoms with Gasteiger partial charge in [-0.2, -0.15) is 15.4 Å². The first-order chi connectivity index (χ1) is 13.5. The highest BCUT2D eigenvalue weighted by Crippen LogP contribution is 2.23. The standard InChI is InChI=1S/C19H15F3N6/c1-11-19(26-27-25-11)13-2-4-23-17(7-13)18-9-28(10-24-18)5-3-12-6-15(21)16(22)8-14(12)20/h2,4,6-10H,3,5H2,1H3,(H,25,26,27). The molecule has 0 saturated carbocycles. The molecular weight excluding hydrogens is 369 g/mol. The second-order valence-corrected chi connectivity index (χ2v) is 6.29. The zero-order valence-corrected chi connectivity index (χ0v) is 14.8. The Morgan fingerprint density at radius 1 is 0.964 bits per heavy atom. The summed E-state index contributed by atoms with van der Waals surface area (Å²) < 4.78 is 41.8. The van der Waals surface area contributed by atoms with E-state index in [4.69, 9.17) is 0 Å². The summed E-state index contributed by atoms with van der Waals surface area (Å²) in [6.07, 6.45) is 5.21. The molecule has 9 heteroatoms. The van der Waals surface area contributed by atoms with Crippen LogP contribution in [0.15, 0.2) is 43.0 Å². The number of aromatic nitrogens is 6. The fourth-order valence-corrected chi connectivity index (χ4v) is 2.89. The van der Waals surface area contributed by atoms with Gasteiger partial charge in [0.25, 0.3) is 0 Å². The largest absolute Gasteiger partial charge is 0.336 e. The van der Waals surface area contributed by atoms with E-state index in [1.54, 1.807) is 23.3 Å². The lowest BCUT2D eigenvalue weighted by molar-refractivity contribution is 0.488. The van der Waals surface area contributed by atoms with E-state index in [-0.39, 0.29) is 12.0 Å². The molecular formula is C19H15F3N6. The molecule has 0 aliphatic rings. The third-order valence-corrected chi connectivity index (χ3v) is 4.38. The summed E-state index contributed by atoms with van der Waals surface area (Å²) in [7, 11) is 0. The first kappa shape index (κ1) is 17.9. The quantitative estimate of drug-likeness (QED) is 0.533. The molecule has 0 aliphatic carbocycles.